The molecule has 1 unspecified atom stereocenters. The number of carboxylic acids is 1. The Labute approximate surface area is 108 Å². The zero-order valence-electron chi connectivity index (χ0n) is 10.4. The van der Waals surface area contributed by atoms with Crippen LogP contribution in [0.5, 0.6) is 0 Å². The van der Waals surface area contributed by atoms with E-state index >= 15 is 0 Å². The summed E-state index contributed by atoms with van der Waals surface area (Å²) in [4.78, 5) is 22.3. The zero-order valence-corrected chi connectivity index (χ0v) is 10.4. The summed E-state index contributed by atoms with van der Waals surface area (Å²) in [5.41, 5.74) is 5.45. The molecule has 0 aliphatic heterocycles. The fourth-order valence-electron chi connectivity index (χ4n) is 1.40. The Balaban J connectivity index is 4.56. The largest absolute Gasteiger partial charge is 0.480 e. The molecule has 1 amide bonds. The van der Waals surface area contributed by atoms with Crippen LogP contribution in [0.1, 0.15) is 12.8 Å². The summed E-state index contributed by atoms with van der Waals surface area (Å²) >= 11 is 0. The fourth-order valence-corrected chi connectivity index (χ4v) is 1.40. The van der Waals surface area contributed by atoms with Gasteiger partial charge in [0.15, 0.2) is 0 Å². The third-order valence-electron chi connectivity index (χ3n) is 2.19. The van der Waals surface area contributed by atoms with Crippen molar-refractivity contribution in [2.24, 2.45) is 5.73 Å². The van der Waals surface area contributed by atoms with E-state index < -0.39 is 37.2 Å². The Morgan fingerprint density at radius 2 is 2.00 bits per heavy atom. The van der Waals surface area contributed by atoms with Gasteiger partial charge in [0.1, 0.15) is 13.1 Å². The van der Waals surface area contributed by atoms with Gasteiger partial charge in [-0.25, -0.2) is 0 Å². The Morgan fingerprint density at radius 1 is 1.42 bits per heavy atom. The SMILES string of the molecule is COCCCC(N)C(=O)N(CC(=O)O)CC(F)(F)F. The standard InChI is InChI=1S/C10H17F3N2O4/c1-19-4-2-3-7(14)9(18)15(5-8(16)17)6-10(11,12)13/h7H,2-6,14H2,1H3,(H,16,17). The molecule has 3 N–H and O–H groups in total. The average molecular weight is 286 g/mol. The number of amides is 1. The molecule has 0 aromatic heterocycles. The lowest BCUT2D eigenvalue weighted by molar-refractivity contribution is -0.166. The Kier molecular flexibility index (Phi) is 7.38. The van der Waals surface area contributed by atoms with Crippen molar-refractivity contribution >= 4 is 11.9 Å². The maximum atomic E-state index is 12.2. The van der Waals surface area contributed by atoms with E-state index in [0.29, 0.717) is 13.0 Å². The van der Waals surface area contributed by atoms with Gasteiger partial charge in [0.25, 0.3) is 0 Å². The van der Waals surface area contributed by atoms with Gasteiger partial charge in [-0.2, -0.15) is 13.2 Å². The molecule has 0 aromatic rings. The minimum Gasteiger partial charge on any atom is -0.480 e. The number of nitrogens with two attached hydrogens (primary N) is 1. The number of carbonyl (C=O) groups excluding carboxylic acids is 1. The number of rotatable bonds is 8. The lowest BCUT2D eigenvalue weighted by Gasteiger charge is -2.25. The molecule has 0 aliphatic rings. The first-order valence-electron chi connectivity index (χ1n) is 5.49. The summed E-state index contributed by atoms with van der Waals surface area (Å²) < 4.78 is 41.4. The van der Waals surface area contributed by atoms with E-state index in [1.165, 1.54) is 7.11 Å². The number of halogens is 3. The highest BCUT2D eigenvalue weighted by molar-refractivity contribution is 5.85. The third kappa shape index (κ3) is 8.38. The highest BCUT2D eigenvalue weighted by Gasteiger charge is 2.35. The van der Waals surface area contributed by atoms with Crippen molar-refractivity contribution in [2.45, 2.75) is 25.1 Å². The second-order valence-electron chi connectivity index (χ2n) is 3.94. The van der Waals surface area contributed by atoms with Gasteiger partial charge in [-0.3, -0.25) is 9.59 Å². The summed E-state index contributed by atoms with van der Waals surface area (Å²) in [5.74, 6) is -2.56. The van der Waals surface area contributed by atoms with Gasteiger partial charge < -0.3 is 20.5 Å². The van der Waals surface area contributed by atoms with E-state index in [2.05, 4.69) is 0 Å². The summed E-state index contributed by atoms with van der Waals surface area (Å²) in [6, 6.07) is -1.17. The molecule has 112 valence electrons. The molecule has 1 atom stereocenters. The second kappa shape index (κ2) is 7.95. The number of aliphatic carboxylic acids is 1. The number of alkyl halides is 3. The maximum absolute atomic E-state index is 12.2. The van der Waals surface area contributed by atoms with Crippen molar-refractivity contribution in [3.8, 4) is 0 Å². The molecule has 0 bridgehead atoms. The minimum absolute atomic E-state index is 0.126. The summed E-state index contributed by atoms with van der Waals surface area (Å²) in [6.45, 7) is -2.34. The number of carboxylic acid groups (broad SMARTS) is 1. The number of hydrogen-bond acceptors (Lipinski definition) is 4. The predicted octanol–water partition coefficient (Wildman–Crippen LogP) is 0.216. The van der Waals surface area contributed by atoms with Crippen LogP contribution in [0.4, 0.5) is 13.2 Å². The van der Waals surface area contributed by atoms with Crippen LogP contribution < -0.4 is 5.73 Å². The topological polar surface area (TPSA) is 92.9 Å². The maximum Gasteiger partial charge on any atom is 0.406 e. The van der Waals surface area contributed by atoms with Crippen LogP contribution in [0.2, 0.25) is 0 Å². The van der Waals surface area contributed by atoms with Gasteiger partial charge in [-0.15, -0.1) is 0 Å². The van der Waals surface area contributed by atoms with Gasteiger partial charge in [0.05, 0.1) is 6.04 Å². The molecule has 19 heavy (non-hydrogen) atoms. The van der Waals surface area contributed by atoms with E-state index in [1.54, 1.807) is 0 Å². The van der Waals surface area contributed by atoms with E-state index in [1.807, 2.05) is 0 Å². The van der Waals surface area contributed by atoms with E-state index in [4.69, 9.17) is 15.6 Å². The van der Waals surface area contributed by atoms with Crippen molar-refractivity contribution in [1.29, 1.82) is 0 Å². The highest BCUT2D eigenvalue weighted by atomic mass is 19.4. The van der Waals surface area contributed by atoms with Gasteiger partial charge >= 0.3 is 12.1 Å². The van der Waals surface area contributed by atoms with Gasteiger partial charge in [0.2, 0.25) is 5.91 Å². The lowest BCUT2D eigenvalue weighted by Crippen LogP contribution is -2.49. The average Bonchev–Trinajstić information content (AvgIpc) is 2.24. The van der Waals surface area contributed by atoms with Crippen molar-refractivity contribution in [3.05, 3.63) is 0 Å². The molecule has 0 radical (unpaired) electrons. The summed E-state index contributed by atoms with van der Waals surface area (Å²) in [5, 5.41) is 8.50. The van der Waals surface area contributed by atoms with E-state index in [-0.39, 0.29) is 11.3 Å². The van der Waals surface area contributed by atoms with Crippen molar-refractivity contribution in [1.82, 2.24) is 4.90 Å². The summed E-state index contributed by atoms with van der Waals surface area (Å²) in [7, 11) is 1.44. The molecule has 0 saturated carbocycles. The first-order valence-corrected chi connectivity index (χ1v) is 5.49. The molecule has 0 aliphatic carbocycles. The van der Waals surface area contributed by atoms with Gasteiger partial charge in [-0.1, -0.05) is 0 Å². The third-order valence-corrected chi connectivity index (χ3v) is 2.19. The van der Waals surface area contributed by atoms with Crippen molar-refractivity contribution in [2.75, 3.05) is 26.8 Å². The quantitative estimate of drug-likeness (QED) is 0.622. The molecule has 0 spiro atoms. The number of hydrogen-bond donors (Lipinski definition) is 2. The number of methoxy groups -OCH3 is 1. The van der Waals surface area contributed by atoms with Crippen molar-refractivity contribution in [3.63, 3.8) is 0 Å². The second-order valence-corrected chi connectivity index (χ2v) is 3.94. The van der Waals surface area contributed by atoms with Crippen LogP contribution >= 0.6 is 0 Å². The van der Waals surface area contributed by atoms with Crippen LogP contribution in [0.15, 0.2) is 0 Å². The number of carbonyl (C=O) groups is 2. The predicted molar refractivity (Wildman–Crippen MR) is 59.4 cm³/mol. The number of ether oxygens (including phenoxy) is 1. The van der Waals surface area contributed by atoms with E-state index in [9.17, 15) is 22.8 Å². The number of nitrogens with zero attached hydrogens (tertiary/aromatic N) is 1. The highest BCUT2D eigenvalue weighted by Crippen LogP contribution is 2.17. The molecule has 0 saturated heterocycles. The van der Waals surface area contributed by atoms with Crippen LogP contribution in [0.3, 0.4) is 0 Å². The Morgan fingerprint density at radius 3 is 2.42 bits per heavy atom. The molecule has 0 aromatic carbocycles. The molecule has 0 rings (SSSR count). The smallest absolute Gasteiger partial charge is 0.406 e. The zero-order chi connectivity index (χ0) is 15.1. The minimum atomic E-state index is -4.67. The van der Waals surface area contributed by atoms with Crippen LogP contribution in [0, 0.1) is 0 Å². The Hall–Kier alpha value is -1.35. The van der Waals surface area contributed by atoms with Gasteiger partial charge in [0, 0.05) is 13.7 Å². The van der Waals surface area contributed by atoms with Crippen LogP contribution in [0.25, 0.3) is 0 Å². The van der Waals surface area contributed by atoms with Crippen molar-refractivity contribution < 1.29 is 32.6 Å². The van der Waals surface area contributed by atoms with E-state index in [0.717, 1.165) is 0 Å². The molecule has 0 fully saturated rings. The molecular formula is C10H17F3N2O4. The first-order chi connectivity index (χ1) is 8.67. The molecule has 9 heteroatoms. The summed E-state index contributed by atoms with van der Waals surface area (Å²) in [6.07, 6.45) is -4.14. The Bertz CT molecular complexity index is 310. The molecule has 0 heterocycles. The normalized spacial score (nSPS) is 13.1. The molecular weight excluding hydrogens is 269 g/mol. The first kappa shape index (κ1) is 17.6. The fraction of sp³-hybridized carbons (Fsp3) is 0.800. The van der Waals surface area contributed by atoms with Crippen LogP contribution in [-0.2, 0) is 14.3 Å². The molecule has 6 nitrogen and oxygen atoms in total. The van der Waals surface area contributed by atoms with Gasteiger partial charge in [-0.05, 0) is 12.8 Å². The van der Waals surface area contributed by atoms with Crippen LogP contribution in [-0.4, -0.2) is 60.9 Å². The monoisotopic (exact) mass is 286 g/mol. The lowest BCUT2D eigenvalue weighted by atomic mass is 10.1.